The Bertz CT molecular complexity index is 3680. The van der Waals surface area contributed by atoms with Crippen molar-refractivity contribution in [2.24, 2.45) is 10.9 Å². The average molecular weight is 796 g/mol. The molecule has 10 aromatic rings. The lowest BCUT2D eigenvalue weighted by atomic mass is 9.87. The molecule has 5 nitrogen and oxygen atoms in total. The Balaban J connectivity index is 1.05. The third kappa shape index (κ3) is 5.49. The molecule has 3 unspecified atom stereocenters. The molecule has 0 radical (unpaired) electrons. The quantitative estimate of drug-likeness (QED) is 0.182. The highest BCUT2D eigenvalue weighted by molar-refractivity contribution is 6.18. The molecule has 8 aromatic carbocycles. The molecule has 3 atom stereocenters. The topological polar surface area (TPSA) is 46.3 Å². The molecule has 0 saturated heterocycles. The molecule has 1 aliphatic heterocycles. The van der Waals surface area contributed by atoms with E-state index in [1.807, 2.05) is 0 Å². The van der Waals surface area contributed by atoms with Crippen LogP contribution in [0.5, 0.6) is 0 Å². The molecule has 2 N–H and O–H groups in total. The van der Waals surface area contributed by atoms with Crippen LogP contribution in [0.2, 0.25) is 0 Å². The van der Waals surface area contributed by atoms with Crippen LogP contribution in [-0.2, 0) is 0 Å². The summed E-state index contributed by atoms with van der Waals surface area (Å²) in [5.74, 6) is 1.24. The van der Waals surface area contributed by atoms with Crippen LogP contribution in [-0.4, -0.2) is 15.0 Å². The molecular weight excluding hydrogens is 755 g/mol. The molecule has 2 aliphatic carbocycles. The number of hydrogen-bond acceptors (Lipinski definition) is 3. The Morgan fingerprint density at radius 1 is 0.565 bits per heavy atom. The molecule has 0 spiro atoms. The van der Waals surface area contributed by atoms with Crippen molar-refractivity contribution in [3.05, 3.63) is 227 Å². The lowest BCUT2D eigenvalue weighted by Gasteiger charge is -2.32. The Hall–Kier alpha value is -7.73. The summed E-state index contributed by atoms with van der Waals surface area (Å²) in [6.07, 6.45) is 12.3. The third-order valence-corrected chi connectivity index (χ3v) is 13.3. The number of benzene rings is 8. The van der Waals surface area contributed by atoms with Crippen molar-refractivity contribution in [3.63, 3.8) is 0 Å². The smallest absolute Gasteiger partial charge is 0.131 e. The van der Waals surface area contributed by atoms with E-state index in [1.165, 1.54) is 70.4 Å². The fourth-order valence-corrected chi connectivity index (χ4v) is 10.3. The molecule has 0 fully saturated rings. The molecule has 0 bridgehead atoms. The van der Waals surface area contributed by atoms with Crippen molar-refractivity contribution < 1.29 is 0 Å². The van der Waals surface area contributed by atoms with Gasteiger partial charge in [0.2, 0.25) is 0 Å². The van der Waals surface area contributed by atoms with E-state index in [-0.39, 0.29) is 12.3 Å². The van der Waals surface area contributed by atoms with Crippen molar-refractivity contribution >= 4 is 72.2 Å². The first-order valence-electron chi connectivity index (χ1n) is 21.6. The van der Waals surface area contributed by atoms with Gasteiger partial charge < -0.3 is 14.5 Å². The van der Waals surface area contributed by atoms with E-state index in [4.69, 9.17) is 4.99 Å². The highest BCUT2D eigenvalue weighted by Gasteiger charge is 2.27. The van der Waals surface area contributed by atoms with Gasteiger partial charge in [-0.2, -0.15) is 0 Å². The summed E-state index contributed by atoms with van der Waals surface area (Å²) >= 11 is 0. The largest absolute Gasteiger partial charge is 0.350 e. The van der Waals surface area contributed by atoms with E-state index in [1.54, 1.807) is 0 Å². The molecule has 3 heterocycles. The van der Waals surface area contributed by atoms with Gasteiger partial charge in [0, 0.05) is 49.6 Å². The number of hydrogen-bond donors (Lipinski definition) is 2. The van der Waals surface area contributed by atoms with Gasteiger partial charge in [-0.15, -0.1) is 0 Å². The zero-order valence-electron chi connectivity index (χ0n) is 33.9. The maximum Gasteiger partial charge on any atom is 0.131 e. The minimum absolute atomic E-state index is 0.125. The monoisotopic (exact) mass is 795 g/mol. The van der Waals surface area contributed by atoms with Gasteiger partial charge in [-0.3, -0.25) is 5.32 Å². The average Bonchev–Trinajstić information content (AvgIpc) is 3.85. The second-order valence-electron chi connectivity index (χ2n) is 16.8. The SMILES string of the molecule is C1=CCC2C=c3c(n(-c4ccc5cccc(C6N=C(c7ccccc7)NC(c7ccccc7)N6)c5c4)c4cc(-n5c6ccccc6c6ccc7ccccc7c65)ccc34)=CC2=C1. The highest BCUT2D eigenvalue weighted by atomic mass is 15.3. The van der Waals surface area contributed by atoms with Gasteiger partial charge in [0.05, 0.1) is 21.9 Å². The first-order chi connectivity index (χ1) is 30.7. The number of allylic oxidation sites excluding steroid dienone is 4. The molecule has 294 valence electrons. The van der Waals surface area contributed by atoms with Gasteiger partial charge in [-0.05, 0) is 75.7 Å². The predicted molar refractivity (Wildman–Crippen MR) is 257 cm³/mol. The van der Waals surface area contributed by atoms with Crippen molar-refractivity contribution in [1.29, 1.82) is 0 Å². The predicted octanol–water partition coefficient (Wildman–Crippen LogP) is 11.4. The van der Waals surface area contributed by atoms with Crippen molar-refractivity contribution in [3.8, 4) is 11.4 Å². The zero-order valence-corrected chi connectivity index (χ0v) is 33.9. The summed E-state index contributed by atoms with van der Waals surface area (Å²) in [5, 5.41) is 18.7. The molecule has 0 saturated carbocycles. The third-order valence-electron chi connectivity index (χ3n) is 13.3. The number of aliphatic imine (C=N–C) groups is 1. The molecule has 62 heavy (non-hydrogen) atoms. The van der Waals surface area contributed by atoms with E-state index in [2.05, 4.69) is 226 Å². The van der Waals surface area contributed by atoms with E-state index < -0.39 is 0 Å². The van der Waals surface area contributed by atoms with E-state index >= 15 is 0 Å². The van der Waals surface area contributed by atoms with Gasteiger partial charge in [-0.25, -0.2) is 4.99 Å². The first-order valence-corrected chi connectivity index (χ1v) is 21.6. The van der Waals surface area contributed by atoms with E-state index in [9.17, 15) is 0 Å². The van der Waals surface area contributed by atoms with Crippen LogP contribution in [0, 0.1) is 5.92 Å². The van der Waals surface area contributed by atoms with Crippen molar-refractivity contribution in [2.75, 3.05) is 0 Å². The first kappa shape index (κ1) is 35.1. The lowest BCUT2D eigenvalue weighted by molar-refractivity contribution is 0.410. The van der Waals surface area contributed by atoms with E-state index in [0.717, 1.165) is 40.3 Å². The van der Waals surface area contributed by atoms with Crippen LogP contribution < -0.4 is 21.2 Å². The molecule has 2 aromatic heterocycles. The van der Waals surface area contributed by atoms with Crippen LogP contribution >= 0.6 is 0 Å². The van der Waals surface area contributed by atoms with Gasteiger partial charge >= 0.3 is 0 Å². The normalized spacial score (nSPS) is 18.2. The van der Waals surface area contributed by atoms with Crippen LogP contribution in [0.3, 0.4) is 0 Å². The van der Waals surface area contributed by atoms with Gasteiger partial charge in [-0.1, -0.05) is 170 Å². The number of para-hydroxylation sites is 1. The van der Waals surface area contributed by atoms with Crippen LogP contribution in [0.1, 0.15) is 35.4 Å². The highest BCUT2D eigenvalue weighted by Crippen LogP contribution is 2.38. The van der Waals surface area contributed by atoms with Gasteiger partial charge in [0.25, 0.3) is 0 Å². The summed E-state index contributed by atoms with van der Waals surface area (Å²) in [4.78, 5) is 5.38. The molecule has 5 heteroatoms. The number of amidine groups is 1. The van der Waals surface area contributed by atoms with Gasteiger partial charge in [0.1, 0.15) is 18.2 Å². The fourth-order valence-electron chi connectivity index (χ4n) is 10.3. The number of rotatable bonds is 5. The van der Waals surface area contributed by atoms with Crippen LogP contribution in [0.15, 0.2) is 205 Å². The summed E-state index contributed by atoms with van der Waals surface area (Å²) in [6, 6.07) is 63.9. The number of nitrogens with zero attached hydrogens (tertiary/aromatic N) is 3. The molecule has 13 rings (SSSR count). The second-order valence-corrected chi connectivity index (χ2v) is 16.8. The second kappa shape index (κ2) is 13.9. The number of aromatic nitrogens is 2. The summed E-state index contributed by atoms with van der Waals surface area (Å²) in [7, 11) is 0. The lowest BCUT2D eigenvalue weighted by Crippen LogP contribution is -2.45. The van der Waals surface area contributed by atoms with Crippen LogP contribution in [0.4, 0.5) is 0 Å². The zero-order chi connectivity index (χ0) is 40.7. The number of fused-ring (bicyclic) bond motifs is 10. The maximum absolute atomic E-state index is 5.38. The summed E-state index contributed by atoms with van der Waals surface area (Å²) < 4.78 is 4.98. The van der Waals surface area contributed by atoms with Crippen LogP contribution in [0.25, 0.3) is 77.8 Å². The molecule has 3 aliphatic rings. The Labute approximate surface area is 358 Å². The number of nitrogens with one attached hydrogen (secondary N) is 2. The van der Waals surface area contributed by atoms with Crippen molar-refractivity contribution in [2.45, 2.75) is 18.8 Å². The van der Waals surface area contributed by atoms with Crippen molar-refractivity contribution in [1.82, 2.24) is 19.8 Å². The fraction of sp³-hybridized carbons (Fsp3) is 0.0702. The Kier molecular flexibility index (Phi) is 7.87. The molecular formula is C57H41N5. The Morgan fingerprint density at radius 3 is 2.19 bits per heavy atom. The minimum Gasteiger partial charge on any atom is -0.350 e. The minimum atomic E-state index is -0.289. The summed E-state index contributed by atoms with van der Waals surface area (Å²) in [5.41, 5.74) is 10.6. The van der Waals surface area contributed by atoms with E-state index in [0.29, 0.717) is 5.92 Å². The maximum atomic E-state index is 5.38. The summed E-state index contributed by atoms with van der Waals surface area (Å²) in [6.45, 7) is 0. The standard InChI is InChI=1S/C57H41N5/c1-3-15-38(16-4-1)55-58-56(39-17-5-2-6-18-39)60-57(59-55)48-24-13-21-37-26-28-42(34-49(37)48)61-52-33-41-20-8-7-19-40(41)32-50(52)46-31-29-43(35-53(46)61)62-51-25-12-11-23-45(51)47-30-27-36-14-9-10-22-44(36)54(47)62/h1-18,20-35,40,55,57,59H,19H2,(H,58,60). The van der Waals surface area contributed by atoms with Gasteiger partial charge in [0.15, 0.2) is 0 Å². The Morgan fingerprint density at radius 2 is 1.29 bits per heavy atom. The molecule has 0 amide bonds.